The molecule has 1 unspecified atom stereocenters. The first-order chi connectivity index (χ1) is 11.2. The van der Waals surface area contributed by atoms with Crippen LogP contribution in [0.4, 0.5) is 10.8 Å². The summed E-state index contributed by atoms with van der Waals surface area (Å²) in [5.41, 5.74) is 6.69. The van der Waals surface area contributed by atoms with Crippen molar-refractivity contribution in [2.45, 2.75) is 26.0 Å². The Labute approximate surface area is 139 Å². The first-order valence-electron chi connectivity index (χ1n) is 7.66. The Morgan fingerprint density at radius 1 is 1.52 bits per heavy atom. The fraction of sp³-hybridized carbons (Fsp3) is 0.375. The number of rotatable bonds is 5. The maximum absolute atomic E-state index is 12.3. The number of nitrogen functional groups attached to an aromatic ring is 1. The number of benzene rings is 1. The summed E-state index contributed by atoms with van der Waals surface area (Å²) in [6.45, 7) is 3.85. The monoisotopic (exact) mass is 332 g/mol. The number of fused-ring (bicyclic) bond motifs is 1. The van der Waals surface area contributed by atoms with E-state index in [1.54, 1.807) is 6.20 Å². The zero-order valence-corrected chi connectivity index (χ0v) is 13.8. The molecule has 1 amide bonds. The average molecular weight is 332 g/mol. The van der Waals surface area contributed by atoms with E-state index in [1.165, 1.54) is 11.3 Å². The maximum atomic E-state index is 12.3. The molecule has 0 saturated heterocycles. The van der Waals surface area contributed by atoms with Crippen LogP contribution < -0.4 is 20.7 Å². The molecule has 23 heavy (non-hydrogen) atoms. The van der Waals surface area contributed by atoms with Gasteiger partial charge in [-0.05, 0) is 18.6 Å². The standard InChI is InChI=1S/C16H20N4O2S/c1-2-7-18-15(21)14-10-20(9-11-8-19-16(17)23-11)12-5-3-4-6-13(12)22-14/h3-6,8,14H,2,7,9-10H2,1H3,(H2,17,19)(H,18,21). The molecule has 0 saturated carbocycles. The lowest BCUT2D eigenvalue weighted by atomic mass is 10.1. The van der Waals surface area contributed by atoms with E-state index in [4.69, 9.17) is 10.5 Å². The number of nitrogens with two attached hydrogens (primary N) is 1. The van der Waals surface area contributed by atoms with Crippen LogP contribution in [-0.4, -0.2) is 30.1 Å². The number of carbonyl (C=O) groups is 1. The summed E-state index contributed by atoms with van der Waals surface area (Å²) in [6.07, 6.45) is 2.17. The lowest BCUT2D eigenvalue weighted by Gasteiger charge is -2.35. The third-order valence-electron chi connectivity index (χ3n) is 3.62. The number of hydrogen-bond donors (Lipinski definition) is 2. The lowest BCUT2D eigenvalue weighted by Crippen LogP contribution is -2.48. The predicted molar refractivity (Wildman–Crippen MR) is 91.7 cm³/mol. The van der Waals surface area contributed by atoms with Crippen molar-refractivity contribution in [3.8, 4) is 5.75 Å². The summed E-state index contributed by atoms with van der Waals surface area (Å²) in [5, 5.41) is 3.46. The predicted octanol–water partition coefficient (Wildman–Crippen LogP) is 2.02. The minimum atomic E-state index is -0.512. The third-order valence-corrected chi connectivity index (χ3v) is 4.43. The van der Waals surface area contributed by atoms with Crippen LogP contribution >= 0.6 is 11.3 Å². The number of ether oxygens (including phenoxy) is 1. The second-order valence-corrected chi connectivity index (χ2v) is 6.56. The van der Waals surface area contributed by atoms with Gasteiger partial charge in [0.15, 0.2) is 11.2 Å². The third kappa shape index (κ3) is 3.56. The largest absolute Gasteiger partial charge is 0.477 e. The van der Waals surface area contributed by atoms with E-state index in [9.17, 15) is 4.79 Å². The van der Waals surface area contributed by atoms with E-state index in [0.717, 1.165) is 22.7 Å². The Bertz CT molecular complexity index is 688. The van der Waals surface area contributed by atoms with Gasteiger partial charge in [-0.25, -0.2) is 4.98 Å². The molecule has 0 bridgehead atoms. The summed E-state index contributed by atoms with van der Waals surface area (Å²) >= 11 is 1.46. The van der Waals surface area contributed by atoms with Crippen molar-refractivity contribution in [1.82, 2.24) is 10.3 Å². The average Bonchev–Trinajstić information content (AvgIpc) is 2.97. The van der Waals surface area contributed by atoms with Crippen LogP contribution in [0, 0.1) is 0 Å². The van der Waals surface area contributed by atoms with Crippen molar-refractivity contribution in [2.24, 2.45) is 0 Å². The maximum Gasteiger partial charge on any atom is 0.262 e. The first kappa shape index (κ1) is 15.6. The lowest BCUT2D eigenvalue weighted by molar-refractivity contribution is -0.127. The summed E-state index contributed by atoms with van der Waals surface area (Å²) < 4.78 is 5.87. The van der Waals surface area contributed by atoms with Gasteiger partial charge in [0.2, 0.25) is 0 Å². The number of nitrogens with one attached hydrogen (secondary N) is 1. The molecule has 1 aliphatic heterocycles. The Morgan fingerprint density at radius 2 is 2.35 bits per heavy atom. The van der Waals surface area contributed by atoms with Gasteiger partial charge in [-0.15, -0.1) is 11.3 Å². The number of anilines is 2. The van der Waals surface area contributed by atoms with Gasteiger partial charge in [-0.1, -0.05) is 19.1 Å². The van der Waals surface area contributed by atoms with Gasteiger partial charge >= 0.3 is 0 Å². The van der Waals surface area contributed by atoms with Crippen LogP contribution in [0.2, 0.25) is 0 Å². The van der Waals surface area contributed by atoms with E-state index in [0.29, 0.717) is 24.8 Å². The van der Waals surface area contributed by atoms with Crippen LogP contribution in [0.5, 0.6) is 5.75 Å². The first-order valence-corrected chi connectivity index (χ1v) is 8.47. The Kier molecular flexibility index (Phi) is 4.66. The van der Waals surface area contributed by atoms with Gasteiger partial charge in [-0.2, -0.15) is 0 Å². The van der Waals surface area contributed by atoms with Crippen LogP contribution in [0.25, 0.3) is 0 Å². The number of amides is 1. The molecule has 2 aromatic rings. The molecule has 6 nitrogen and oxygen atoms in total. The van der Waals surface area contributed by atoms with Crippen molar-refractivity contribution in [3.63, 3.8) is 0 Å². The minimum Gasteiger partial charge on any atom is -0.477 e. The molecule has 1 aromatic carbocycles. The fourth-order valence-electron chi connectivity index (χ4n) is 2.54. The highest BCUT2D eigenvalue weighted by atomic mass is 32.1. The number of para-hydroxylation sites is 2. The number of carbonyl (C=O) groups excluding carboxylic acids is 1. The Morgan fingerprint density at radius 3 is 3.09 bits per heavy atom. The van der Waals surface area contributed by atoms with Gasteiger partial charge in [0.1, 0.15) is 5.75 Å². The summed E-state index contributed by atoms with van der Waals surface area (Å²) in [4.78, 5) is 19.6. The second kappa shape index (κ2) is 6.87. The molecule has 122 valence electrons. The molecule has 3 N–H and O–H groups in total. The van der Waals surface area contributed by atoms with Crippen LogP contribution in [0.15, 0.2) is 30.5 Å². The smallest absolute Gasteiger partial charge is 0.262 e. The van der Waals surface area contributed by atoms with Gasteiger partial charge < -0.3 is 20.7 Å². The van der Waals surface area contributed by atoms with E-state index in [-0.39, 0.29) is 5.91 Å². The van der Waals surface area contributed by atoms with Crippen LogP contribution in [-0.2, 0) is 11.3 Å². The van der Waals surface area contributed by atoms with E-state index < -0.39 is 6.10 Å². The van der Waals surface area contributed by atoms with Crippen molar-refractivity contribution in [1.29, 1.82) is 0 Å². The topological polar surface area (TPSA) is 80.5 Å². The van der Waals surface area contributed by atoms with E-state index >= 15 is 0 Å². The number of nitrogens with zero attached hydrogens (tertiary/aromatic N) is 2. The normalized spacial score (nSPS) is 16.6. The molecule has 0 fully saturated rings. The molecule has 7 heteroatoms. The zero-order valence-electron chi connectivity index (χ0n) is 13.0. The van der Waals surface area contributed by atoms with Crippen molar-refractivity contribution < 1.29 is 9.53 Å². The fourth-order valence-corrected chi connectivity index (χ4v) is 3.24. The quantitative estimate of drug-likeness (QED) is 0.875. The van der Waals surface area contributed by atoms with E-state index in [2.05, 4.69) is 15.2 Å². The summed E-state index contributed by atoms with van der Waals surface area (Å²) in [7, 11) is 0. The SMILES string of the molecule is CCCNC(=O)C1CN(Cc2cnc(N)s2)c2ccccc2O1. The molecule has 1 atom stereocenters. The highest BCUT2D eigenvalue weighted by Crippen LogP contribution is 2.34. The van der Waals surface area contributed by atoms with Gasteiger partial charge in [0, 0.05) is 17.6 Å². The number of thiazole rings is 1. The number of hydrogen-bond acceptors (Lipinski definition) is 6. The number of aromatic nitrogens is 1. The van der Waals surface area contributed by atoms with Gasteiger partial charge in [-0.3, -0.25) is 4.79 Å². The van der Waals surface area contributed by atoms with Crippen LogP contribution in [0.3, 0.4) is 0 Å². The highest BCUT2D eigenvalue weighted by Gasteiger charge is 2.30. The van der Waals surface area contributed by atoms with Crippen molar-refractivity contribution >= 4 is 28.1 Å². The van der Waals surface area contributed by atoms with Crippen molar-refractivity contribution in [3.05, 3.63) is 35.3 Å². The molecular formula is C16H20N4O2S. The Balaban J connectivity index is 1.80. The highest BCUT2D eigenvalue weighted by molar-refractivity contribution is 7.15. The molecule has 2 heterocycles. The summed E-state index contributed by atoms with van der Waals surface area (Å²) in [6, 6.07) is 7.77. The zero-order chi connectivity index (χ0) is 16.2. The molecule has 3 rings (SSSR count). The van der Waals surface area contributed by atoms with Crippen LogP contribution in [0.1, 0.15) is 18.2 Å². The van der Waals surface area contributed by atoms with Crippen molar-refractivity contribution in [2.75, 3.05) is 23.7 Å². The van der Waals surface area contributed by atoms with E-state index in [1.807, 2.05) is 31.2 Å². The Hall–Kier alpha value is -2.28. The summed E-state index contributed by atoms with van der Waals surface area (Å²) in [5.74, 6) is 0.656. The molecule has 0 radical (unpaired) electrons. The molecular weight excluding hydrogens is 312 g/mol. The van der Waals surface area contributed by atoms with Gasteiger partial charge in [0.25, 0.3) is 5.91 Å². The minimum absolute atomic E-state index is 0.0739. The second-order valence-electron chi connectivity index (χ2n) is 5.41. The van der Waals surface area contributed by atoms with Gasteiger partial charge in [0.05, 0.1) is 18.8 Å². The molecule has 0 aliphatic carbocycles. The molecule has 1 aliphatic rings. The molecule has 1 aromatic heterocycles. The molecule has 0 spiro atoms.